The third-order valence-electron chi connectivity index (χ3n) is 2.55. The fourth-order valence-corrected chi connectivity index (χ4v) is 1.40. The van der Waals surface area contributed by atoms with Crippen LogP contribution < -0.4 is 0 Å². The standard InChI is InChI=1S/C12H29N3/c1-6-7-8-15(11-9-13(2)3)12-10-14(4)5/h6-12H2,1-5H3. The van der Waals surface area contributed by atoms with Gasteiger partial charge in [0.1, 0.15) is 0 Å². The highest BCUT2D eigenvalue weighted by Crippen LogP contribution is 1.95. The van der Waals surface area contributed by atoms with Crippen LogP contribution in [0.2, 0.25) is 0 Å². The van der Waals surface area contributed by atoms with Crippen LogP contribution in [0.4, 0.5) is 0 Å². The van der Waals surface area contributed by atoms with Crippen molar-refractivity contribution < 1.29 is 0 Å². The zero-order valence-electron chi connectivity index (χ0n) is 11.3. The molecule has 0 fully saturated rings. The monoisotopic (exact) mass is 215 g/mol. The Kier molecular flexibility index (Phi) is 9.06. The molecule has 0 spiro atoms. The summed E-state index contributed by atoms with van der Waals surface area (Å²) in [7, 11) is 8.57. The molecule has 3 heteroatoms. The molecular weight excluding hydrogens is 186 g/mol. The van der Waals surface area contributed by atoms with E-state index in [4.69, 9.17) is 0 Å². The normalized spacial score (nSPS) is 12.0. The Labute approximate surface area is 96.0 Å². The number of likely N-dealkylation sites (N-methyl/N-ethyl adjacent to an activating group) is 2. The summed E-state index contributed by atoms with van der Waals surface area (Å²) in [5.74, 6) is 0. The molecule has 0 rings (SSSR count). The third-order valence-corrected chi connectivity index (χ3v) is 2.55. The first kappa shape index (κ1) is 14.9. The van der Waals surface area contributed by atoms with E-state index >= 15 is 0 Å². The lowest BCUT2D eigenvalue weighted by Crippen LogP contribution is -2.37. The highest BCUT2D eigenvalue weighted by Gasteiger charge is 2.04. The lowest BCUT2D eigenvalue weighted by Gasteiger charge is -2.25. The highest BCUT2D eigenvalue weighted by atomic mass is 15.2. The van der Waals surface area contributed by atoms with Crippen molar-refractivity contribution in [2.24, 2.45) is 0 Å². The fraction of sp³-hybridized carbons (Fsp3) is 1.00. The minimum Gasteiger partial charge on any atom is -0.308 e. The van der Waals surface area contributed by atoms with Crippen molar-refractivity contribution in [3.63, 3.8) is 0 Å². The summed E-state index contributed by atoms with van der Waals surface area (Å²) in [4.78, 5) is 7.09. The van der Waals surface area contributed by atoms with Gasteiger partial charge in [-0.3, -0.25) is 0 Å². The van der Waals surface area contributed by atoms with Crippen LogP contribution in [-0.2, 0) is 0 Å². The van der Waals surface area contributed by atoms with Crippen LogP contribution in [0, 0.1) is 0 Å². The van der Waals surface area contributed by atoms with Gasteiger partial charge in [0.05, 0.1) is 0 Å². The Hall–Kier alpha value is -0.120. The number of unbranched alkanes of at least 4 members (excludes halogenated alkanes) is 1. The van der Waals surface area contributed by atoms with Crippen LogP contribution in [0.15, 0.2) is 0 Å². The van der Waals surface area contributed by atoms with Crippen molar-refractivity contribution in [2.75, 3.05) is 60.9 Å². The largest absolute Gasteiger partial charge is 0.308 e. The van der Waals surface area contributed by atoms with Gasteiger partial charge >= 0.3 is 0 Å². The van der Waals surface area contributed by atoms with Crippen molar-refractivity contribution >= 4 is 0 Å². The van der Waals surface area contributed by atoms with Crippen LogP contribution in [0.5, 0.6) is 0 Å². The van der Waals surface area contributed by atoms with Gasteiger partial charge in [-0.2, -0.15) is 0 Å². The van der Waals surface area contributed by atoms with E-state index in [-0.39, 0.29) is 0 Å². The van der Waals surface area contributed by atoms with E-state index in [9.17, 15) is 0 Å². The van der Waals surface area contributed by atoms with Gasteiger partial charge in [0.25, 0.3) is 0 Å². The molecule has 0 aromatic heterocycles. The lowest BCUT2D eigenvalue weighted by molar-refractivity contribution is 0.216. The Morgan fingerprint density at radius 1 is 0.667 bits per heavy atom. The van der Waals surface area contributed by atoms with Gasteiger partial charge in [0, 0.05) is 26.2 Å². The second-order valence-electron chi connectivity index (χ2n) is 4.80. The summed E-state index contributed by atoms with van der Waals surface area (Å²) in [6.45, 7) is 8.23. The van der Waals surface area contributed by atoms with Crippen molar-refractivity contribution in [2.45, 2.75) is 19.8 Å². The van der Waals surface area contributed by atoms with Gasteiger partial charge in [-0.25, -0.2) is 0 Å². The Morgan fingerprint density at radius 2 is 1.13 bits per heavy atom. The third kappa shape index (κ3) is 10.2. The van der Waals surface area contributed by atoms with Crippen LogP contribution >= 0.6 is 0 Å². The van der Waals surface area contributed by atoms with Crippen molar-refractivity contribution in [1.29, 1.82) is 0 Å². The molecule has 92 valence electrons. The van der Waals surface area contributed by atoms with Crippen LogP contribution in [0.25, 0.3) is 0 Å². The first-order valence-electron chi connectivity index (χ1n) is 6.08. The van der Waals surface area contributed by atoms with Gasteiger partial charge in [-0.1, -0.05) is 13.3 Å². The van der Waals surface area contributed by atoms with Gasteiger partial charge in [-0.15, -0.1) is 0 Å². The summed E-state index contributed by atoms with van der Waals surface area (Å²) in [6.07, 6.45) is 2.61. The number of rotatable bonds is 9. The quantitative estimate of drug-likeness (QED) is 0.572. The smallest absolute Gasteiger partial charge is 0.0110 e. The molecule has 0 aliphatic rings. The second kappa shape index (κ2) is 9.13. The van der Waals surface area contributed by atoms with E-state index < -0.39 is 0 Å². The molecule has 0 bridgehead atoms. The molecular formula is C12H29N3. The first-order valence-corrected chi connectivity index (χ1v) is 6.08. The minimum atomic E-state index is 1.16. The van der Waals surface area contributed by atoms with Crippen molar-refractivity contribution in [1.82, 2.24) is 14.7 Å². The van der Waals surface area contributed by atoms with Crippen molar-refractivity contribution in [3.05, 3.63) is 0 Å². The van der Waals surface area contributed by atoms with Gasteiger partial charge in [0.15, 0.2) is 0 Å². The maximum absolute atomic E-state index is 2.57. The Balaban J connectivity index is 3.73. The van der Waals surface area contributed by atoms with E-state index in [2.05, 4.69) is 49.8 Å². The molecule has 0 aliphatic carbocycles. The molecule has 0 saturated heterocycles. The van der Waals surface area contributed by atoms with Gasteiger partial charge in [-0.05, 0) is 41.2 Å². The molecule has 0 atom stereocenters. The SMILES string of the molecule is CCCCN(CCN(C)C)CCN(C)C. The number of hydrogen-bond donors (Lipinski definition) is 0. The van der Waals surface area contributed by atoms with E-state index in [1.165, 1.54) is 32.5 Å². The van der Waals surface area contributed by atoms with Crippen LogP contribution in [-0.4, -0.2) is 75.6 Å². The Morgan fingerprint density at radius 3 is 1.47 bits per heavy atom. The summed E-state index contributed by atoms with van der Waals surface area (Å²) >= 11 is 0. The van der Waals surface area contributed by atoms with Crippen LogP contribution in [0.1, 0.15) is 19.8 Å². The second-order valence-corrected chi connectivity index (χ2v) is 4.80. The molecule has 0 N–H and O–H groups in total. The predicted octanol–water partition coefficient (Wildman–Crippen LogP) is 1.21. The van der Waals surface area contributed by atoms with Crippen molar-refractivity contribution in [3.8, 4) is 0 Å². The van der Waals surface area contributed by atoms with E-state index in [1.54, 1.807) is 0 Å². The molecule has 0 aliphatic heterocycles. The molecule has 3 nitrogen and oxygen atoms in total. The topological polar surface area (TPSA) is 9.72 Å². The van der Waals surface area contributed by atoms with Gasteiger partial charge < -0.3 is 14.7 Å². The highest BCUT2D eigenvalue weighted by molar-refractivity contribution is 4.61. The average molecular weight is 215 g/mol. The molecule has 0 saturated carbocycles. The Bertz CT molecular complexity index is 123. The molecule has 0 aromatic rings. The summed E-state index contributed by atoms with van der Waals surface area (Å²) < 4.78 is 0. The van der Waals surface area contributed by atoms with E-state index in [0.717, 1.165) is 13.1 Å². The van der Waals surface area contributed by atoms with E-state index in [1.807, 2.05) is 0 Å². The van der Waals surface area contributed by atoms with E-state index in [0.29, 0.717) is 0 Å². The lowest BCUT2D eigenvalue weighted by atomic mass is 10.3. The van der Waals surface area contributed by atoms with Gasteiger partial charge in [0.2, 0.25) is 0 Å². The minimum absolute atomic E-state index is 1.16. The zero-order valence-corrected chi connectivity index (χ0v) is 11.3. The molecule has 0 heterocycles. The fourth-order valence-electron chi connectivity index (χ4n) is 1.40. The molecule has 15 heavy (non-hydrogen) atoms. The molecule has 0 aromatic carbocycles. The molecule has 0 unspecified atom stereocenters. The number of nitrogens with zero attached hydrogens (tertiary/aromatic N) is 3. The molecule has 0 radical (unpaired) electrons. The predicted molar refractivity (Wildman–Crippen MR) is 68.5 cm³/mol. The summed E-state index contributed by atoms with van der Waals surface area (Å²) in [6, 6.07) is 0. The maximum Gasteiger partial charge on any atom is 0.0110 e. The average Bonchev–Trinajstić information content (AvgIpc) is 2.16. The molecule has 0 amide bonds. The zero-order chi connectivity index (χ0) is 11.7. The first-order chi connectivity index (χ1) is 7.06. The number of hydrogen-bond acceptors (Lipinski definition) is 3. The van der Waals surface area contributed by atoms with Crippen LogP contribution in [0.3, 0.4) is 0 Å². The summed E-state index contributed by atoms with van der Waals surface area (Å²) in [5.41, 5.74) is 0. The summed E-state index contributed by atoms with van der Waals surface area (Å²) in [5, 5.41) is 0. The maximum atomic E-state index is 2.57.